The van der Waals surface area contributed by atoms with Crippen molar-refractivity contribution in [2.24, 2.45) is 7.05 Å². The molecule has 0 aliphatic rings. The lowest BCUT2D eigenvalue weighted by molar-refractivity contribution is -0.730. The molecule has 0 radical (unpaired) electrons. The second-order valence-electron chi connectivity index (χ2n) is 6.21. The van der Waals surface area contributed by atoms with Gasteiger partial charge in [0.1, 0.15) is 28.5 Å². The number of pyridine rings is 1. The third-order valence-electron chi connectivity index (χ3n) is 4.20. The summed E-state index contributed by atoms with van der Waals surface area (Å²) in [6, 6.07) is 10.9. The van der Waals surface area contributed by atoms with Gasteiger partial charge in [-0.05, 0) is 35.0 Å². The summed E-state index contributed by atoms with van der Waals surface area (Å²) in [4.78, 5) is 16.8. The predicted molar refractivity (Wildman–Crippen MR) is 112 cm³/mol. The lowest BCUT2D eigenvalue weighted by Crippen LogP contribution is -2.32. The molecular formula is C19H14BrN7O3S. The molecule has 0 aliphatic carbocycles. The van der Waals surface area contributed by atoms with Crippen LogP contribution < -0.4 is 20.8 Å². The third-order valence-corrected chi connectivity index (χ3v) is 5.98. The van der Waals surface area contributed by atoms with Crippen molar-refractivity contribution in [3.63, 3.8) is 0 Å². The Morgan fingerprint density at radius 2 is 2.03 bits per heavy atom. The van der Waals surface area contributed by atoms with Gasteiger partial charge in [0.15, 0.2) is 13.0 Å². The topological polar surface area (TPSA) is 169 Å². The number of halogens is 1. The number of rotatable bonds is 5. The second-order valence-corrected chi connectivity index (χ2v) is 8.40. The van der Waals surface area contributed by atoms with Crippen molar-refractivity contribution >= 4 is 45.1 Å². The number of aromatic nitrogens is 3. The van der Waals surface area contributed by atoms with Crippen LogP contribution in [0.5, 0.6) is 5.95 Å². The molecule has 3 aromatic rings. The Morgan fingerprint density at radius 1 is 1.35 bits per heavy atom. The summed E-state index contributed by atoms with van der Waals surface area (Å²) < 4.78 is 6.45. The molecule has 1 aromatic carbocycles. The molecule has 3 rings (SSSR count). The molecule has 0 saturated carbocycles. The first kappa shape index (κ1) is 22.1. The number of hydrogen-bond donors (Lipinski definition) is 2. The minimum absolute atomic E-state index is 0.0350. The zero-order valence-electron chi connectivity index (χ0n) is 16.2. The molecule has 1 atom stereocenters. The maximum atomic E-state index is 12.7. The number of hydrogen-bond acceptors (Lipinski definition) is 9. The average molecular weight is 500 g/mol. The molecule has 31 heavy (non-hydrogen) atoms. The van der Waals surface area contributed by atoms with Gasteiger partial charge < -0.3 is 20.7 Å². The number of nitrogens with one attached hydrogen (secondary N) is 1. The number of para-hydroxylation sites is 1. The van der Waals surface area contributed by atoms with Crippen molar-refractivity contribution < 1.29 is 19.1 Å². The lowest BCUT2D eigenvalue weighted by Gasteiger charge is -2.15. The number of benzene rings is 1. The molecule has 0 bridgehead atoms. The molecule has 1 amide bonds. The molecule has 3 N–H and O–H groups in total. The van der Waals surface area contributed by atoms with Crippen LogP contribution in [0.25, 0.3) is 11.3 Å². The molecular weight excluding hydrogens is 486 g/mol. The fourth-order valence-electron chi connectivity index (χ4n) is 2.72. The highest BCUT2D eigenvalue weighted by Crippen LogP contribution is 2.38. The number of amides is 1. The van der Waals surface area contributed by atoms with E-state index in [4.69, 9.17) is 5.73 Å². The van der Waals surface area contributed by atoms with Crippen LogP contribution >= 0.6 is 27.7 Å². The van der Waals surface area contributed by atoms with Gasteiger partial charge in [-0.2, -0.15) is 10.5 Å². The monoisotopic (exact) mass is 499 g/mol. The quantitative estimate of drug-likeness (QED) is 0.392. The summed E-state index contributed by atoms with van der Waals surface area (Å²) in [6.07, 6.45) is 0. The van der Waals surface area contributed by atoms with Gasteiger partial charge in [-0.3, -0.25) is 4.79 Å². The molecule has 2 heterocycles. The van der Waals surface area contributed by atoms with Crippen molar-refractivity contribution in [2.75, 3.05) is 11.1 Å². The van der Waals surface area contributed by atoms with E-state index in [-0.39, 0.29) is 39.1 Å². The number of nitrogens with two attached hydrogens (primary N) is 1. The molecule has 0 fully saturated rings. The normalized spacial score (nSPS) is 11.4. The Kier molecular flexibility index (Phi) is 6.44. The summed E-state index contributed by atoms with van der Waals surface area (Å²) >= 11 is 4.34. The van der Waals surface area contributed by atoms with E-state index in [1.54, 1.807) is 25.1 Å². The highest BCUT2D eigenvalue weighted by Gasteiger charge is 2.30. The first-order chi connectivity index (χ1) is 14.8. The molecule has 0 saturated heterocycles. The number of nitriles is 2. The average Bonchev–Trinajstić information content (AvgIpc) is 3.07. The van der Waals surface area contributed by atoms with Gasteiger partial charge in [-0.25, -0.2) is 4.98 Å². The van der Waals surface area contributed by atoms with E-state index in [9.17, 15) is 20.4 Å². The van der Waals surface area contributed by atoms with Gasteiger partial charge in [0.05, 0.1) is 27.3 Å². The molecule has 10 nitrogen and oxygen atoms in total. The summed E-state index contributed by atoms with van der Waals surface area (Å²) in [6.45, 7) is 1.63. The molecule has 156 valence electrons. The molecule has 2 aromatic heterocycles. The zero-order chi connectivity index (χ0) is 22.7. The summed E-state index contributed by atoms with van der Waals surface area (Å²) in [5, 5.41) is 37.2. The van der Waals surface area contributed by atoms with Crippen LogP contribution in [-0.4, -0.2) is 21.4 Å². The minimum Gasteiger partial charge on any atom is -0.539 e. The van der Waals surface area contributed by atoms with Crippen molar-refractivity contribution in [1.82, 2.24) is 10.3 Å². The highest BCUT2D eigenvalue weighted by molar-refractivity contribution is 9.10. The van der Waals surface area contributed by atoms with Crippen LogP contribution in [0.1, 0.15) is 18.1 Å². The van der Waals surface area contributed by atoms with E-state index in [1.807, 2.05) is 18.2 Å². The maximum Gasteiger partial charge on any atom is 0.266 e. The van der Waals surface area contributed by atoms with Crippen molar-refractivity contribution in [2.45, 2.75) is 17.2 Å². The van der Waals surface area contributed by atoms with E-state index in [2.05, 4.69) is 36.0 Å². The van der Waals surface area contributed by atoms with Crippen molar-refractivity contribution in [3.8, 4) is 29.3 Å². The van der Waals surface area contributed by atoms with E-state index >= 15 is 0 Å². The largest absolute Gasteiger partial charge is 0.539 e. The number of carbonyl (C=O) groups excluding carboxylic acids is 1. The van der Waals surface area contributed by atoms with Crippen molar-refractivity contribution in [3.05, 3.63) is 39.9 Å². The molecule has 1 unspecified atom stereocenters. The van der Waals surface area contributed by atoms with Crippen LogP contribution in [0.15, 0.2) is 38.3 Å². The van der Waals surface area contributed by atoms with Gasteiger partial charge in [0, 0.05) is 4.47 Å². The molecule has 0 aliphatic heterocycles. The second kappa shape index (κ2) is 9.04. The minimum atomic E-state index is -0.836. The standard InChI is InChI=1S/C19H14BrN7O3S/c1-9(17(28)24-13-6-4-3-5-12(13)20)31-18-11(8-22)14(10(7-21)16(23)25-18)15-19(29)30-26-27(15)2/h3-6,9H,1-2H3,(H3-,23,24,25,26,28,29). The van der Waals surface area contributed by atoms with Gasteiger partial charge in [-0.1, -0.05) is 28.6 Å². The number of carbonyl (C=O) groups is 1. The van der Waals surface area contributed by atoms with Gasteiger partial charge >= 0.3 is 0 Å². The van der Waals surface area contributed by atoms with E-state index in [1.165, 1.54) is 7.05 Å². The predicted octanol–water partition coefficient (Wildman–Crippen LogP) is 1.84. The van der Waals surface area contributed by atoms with Gasteiger partial charge in [0.25, 0.3) is 5.69 Å². The third kappa shape index (κ3) is 4.30. The first-order valence-electron chi connectivity index (χ1n) is 8.67. The maximum absolute atomic E-state index is 12.7. The highest BCUT2D eigenvalue weighted by atomic mass is 79.9. The zero-order valence-corrected chi connectivity index (χ0v) is 18.6. The van der Waals surface area contributed by atoms with Crippen LogP contribution in [0.2, 0.25) is 0 Å². The molecule has 12 heteroatoms. The fraction of sp³-hybridized carbons (Fsp3) is 0.158. The lowest BCUT2D eigenvalue weighted by atomic mass is 10.0. The Labute approximate surface area is 189 Å². The smallest absolute Gasteiger partial charge is 0.266 e. The Morgan fingerprint density at radius 3 is 2.61 bits per heavy atom. The van der Waals surface area contributed by atoms with Crippen LogP contribution in [0, 0.1) is 22.7 Å². The van der Waals surface area contributed by atoms with E-state index in [0.717, 1.165) is 16.4 Å². The summed E-state index contributed by atoms with van der Waals surface area (Å²) in [5.74, 6) is -1.36. The number of nitrogens with zero attached hydrogens (tertiary/aromatic N) is 5. The summed E-state index contributed by atoms with van der Waals surface area (Å²) in [5.41, 5.74) is 6.14. The molecule has 0 spiro atoms. The van der Waals surface area contributed by atoms with Crippen molar-refractivity contribution in [1.29, 1.82) is 10.5 Å². The van der Waals surface area contributed by atoms with Gasteiger partial charge in [0.2, 0.25) is 5.91 Å². The number of thioether (sulfide) groups is 1. The van der Waals surface area contributed by atoms with Crippen LogP contribution in [0.3, 0.4) is 0 Å². The first-order valence-corrected chi connectivity index (χ1v) is 10.3. The van der Waals surface area contributed by atoms with Gasteiger partial charge in [-0.15, -0.1) is 0 Å². The Hall–Kier alpha value is -3.61. The van der Waals surface area contributed by atoms with Crippen LogP contribution in [-0.2, 0) is 11.8 Å². The number of nitrogen functional groups attached to an aromatic ring is 1. The summed E-state index contributed by atoms with van der Waals surface area (Å²) in [7, 11) is 1.43. The Bertz CT molecular complexity index is 1240. The van der Waals surface area contributed by atoms with E-state index < -0.39 is 11.2 Å². The number of aryl methyl sites for hydroxylation is 1. The van der Waals surface area contributed by atoms with Crippen LogP contribution in [0.4, 0.5) is 11.5 Å². The SMILES string of the molecule is CC(Sc1nc(N)c(C#N)c(-c2c([O-])on[n+]2C)c1C#N)C(=O)Nc1ccccc1Br. The fourth-order valence-corrected chi connectivity index (χ4v) is 4.02. The Balaban J connectivity index is 2.02. The van der Waals surface area contributed by atoms with E-state index in [0.29, 0.717) is 10.2 Å². The number of anilines is 2.